The van der Waals surface area contributed by atoms with Crippen molar-refractivity contribution in [1.29, 1.82) is 0 Å². The molecule has 1 aliphatic heterocycles. The molecule has 0 bridgehead atoms. The van der Waals surface area contributed by atoms with E-state index in [9.17, 15) is 4.79 Å². The first-order chi connectivity index (χ1) is 15.2. The first-order valence-electron chi connectivity index (χ1n) is 9.87. The highest BCUT2D eigenvalue weighted by atomic mass is 16.5. The van der Waals surface area contributed by atoms with E-state index in [4.69, 9.17) is 14.6 Å². The minimum atomic E-state index is -0.250. The molecule has 0 saturated carbocycles. The van der Waals surface area contributed by atoms with E-state index in [-0.39, 0.29) is 12.0 Å². The molecule has 1 fully saturated rings. The lowest BCUT2D eigenvalue weighted by Gasteiger charge is -2.26. The van der Waals surface area contributed by atoms with Crippen LogP contribution in [0.25, 0.3) is 27.8 Å². The highest BCUT2D eigenvalue weighted by Gasteiger charge is 2.18. The van der Waals surface area contributed by atoms with E-state index >= 15 is 0 Å². The van der Waals surface area contributed by atoms with Gasteiger partial charge in [-0.2, -0.15) is 0 Å². The largest absolute Gasteiger partial charge is 0.493 e. The molecule has 5 rings (SSSR count). The number of H-pyrrole nitrogens is 1. The van der Waals surface area contributed by atoms with Crippen molar-refractivity contribution in [2.75, 3.05) is 19.7 Å². The Morgan fingerprint density at radius 1 is 1.13 bits per heavy atom. The Morgan fingerprint density at radius 3 is 2.48 bits per heavy atom. The fourth-order valence-corrected chi connectivity index (χ4v) is 3.49. The molecule has 8 heteroatoms. The van der Waals surface area contributed by atoms with Gasteiger partial charge >= 0.3 is 0 Å². The molecule has 2 aromatic carbocycles. The third kappa shape index (κ3) is 4.34. The number of rotatable bonds is 5. The Bertz CT molecular complexity index is 1210. The lowest BCUT2D eigenvalue weighted by Crippen LogP contribution is -2.45. The summed E-state index contributed by atoms with van der Waals surface area (Å²) in [7, 11) is 0. The zero-order valence-corrected chi connectivity index (χ0v) is 16.7. The summed E-state index contributed by atoms with van der Waals surface area (Å²) in [4.78, 5) is 28.0. The third-order valence-electron chi connectivity index (χ3n) is 5.14. The summed E-state index contributed by atoms with van der Waals surface area (Å²) in [5.74, 6) is 1.43. The van der Waals surface area contributed by atoms with Crippen LogP contribution in [-0.4, -0.2) is 45.8 Å². The average molecular weight is 418 g/mol. The normalized spacial score (nSPS) is 13.2. The topological polar surface area (TPSA) is 109 Å². The van der Waals surface area contributed by atoms with Crippen LogP contribution in [0.2, 0.25) is 0 Å². The van der Waals surface area contributed by atoms with Gasteiger partial charge < -0.3 is 24.7 Å². The molecule has 3 heterocycles. The number of nitrogens with one attached hydrogen (secondary N) is 2. The quantitative estimate of drug-likeness (QED) is 0.430. The van der Waals surface area contributed by atoms with Crippen molar-refractivity contribution in [3.05, 3.63) is 77.5 Å². The molecule has 0 spiro atoms. The predicted molar refractivity (Wildman–Crippen MR) is 118 cm³/mol. The second-order valence-electron chi connectivity index (χ2n) is 7.14. The number of ether oxygens (including phenoxy) is 1. The smallest absolute Gasteiger partial charge is 0.290 e. The number of hydrogen-bond acceptors (Lipinski definition) is 5. The number of benzene rings is 2. The van der Waals surface area contributed by atoms with Crippen molar-refractivity contribution in [2.24, 2.45) is 5.92 Å². The standard InChI is InChI=1S/C22H20N4O2.CH2O2/c27-22-20-19(16-6-8-18(9-7-16)28-13-15-10-23-11-15)12-26(21(20)24-14-25-22)17-4-2-1-3-5-17;2-1-3/h1-9,12,14-15,23H,10-11,13H2,(H,24,25,27);1H,(H,2,3). The number of hydrogen-bond donors (Lipinski definition) is 3. The van der Waals surface area contributed by atoms with Crippen molar-refractivity contribution in [3.63, 3.8) is 0 Å². The van der Waals surface area contributed by atoms with Crippen molar-refractivity contribution in [3.8, 4) is 22.6 Å². The van der Waals surface area contributed by atoms with Crippen LogP contribution in [0.1, 0.15) is 0 Å². The lowest BCUT2D eigenvalue weighted by molar-refractivity contribution is -0.122. The number of aromatic amines is 1. The number of nitrogens with zero attached hydrogens (tertiary/aromatic N) is 2. The minimum Gasteiger partial charge on any atom is -0.493 e. The second kappa shape index (κ2) is 9.27. The molecule has 0 unspecified atom stereocenters. The van der Waals surface area contributed by atoms with Crippen LogP contribution < -0.4 is 15.6 Å². The second-order valence-corrected chi connectivity index (χ2v) is 7.14. The molecular weight excluding hydrogens is 396 g/mol. The van der Waals surface area contributed by atoms with Gasteiger partial charge in [-0.15, -0.1) is 0 Å². The van der Waals surface area contributed by atoms with Crippen molar-refractivity contribution in [2.45, 2.75) is 0 Å². The van der Waals surface area contributed by atoms with Crippen LogP contribution in [0.5, 0.6) is 5.75 Å². The number of fused-ring (bicyclic) bond motifs is 1. The van der Waals surface area contributed by atoms with Crippen LogP contribution >= 0.6 is 0 Å². The zero-order chi connectivity index (χ0) is 21.6. The molecule has 3 N–H and O–H groups in total. The molecule has 31 heavy (non-hydrogen) atoms. The monoisotopic (exact) mass is 418 g/mol. The lowest BCUT2D eigenvalue weighted by atomic mass is 10.1. The Labute approximate surface area is 178 Å². The summed E-state index contributed by atoms with van der Waals surface area (Å²) >= 11 is 0. The summed E-state index contributed by atoms with van der Waals surface area (Å²) in [6.45, 7) is 2.52. The summed E-state index contributed by atoms with van der Waals surface area (Å²) in [6, 6.07) is 17.8. The fraction of sp³-hybridized carbons (Fsp3) is 0.174. The average Bonchev–Trinajstić information content (AvgIpc) is 3.15. The summed E-state index contributed by atoms with van der Waals surface area (Å²) in [5.41, 5.74) is 3.26. The molecule has 1 saturated heterocycles. The van der Waals surface area contributed by atoms with Gasteiger partial charge in [0.25, 0.3) is 12.0 Å². The number of aromatic nitrogens is 3. The summed E-state index contributed by atoms with van der Waals surface area (Å²) < 4.78 is 7.81. The van der Waals surface area contributed by atoms with Gasteiger partial charge in [0.2, 0.25) is 0 Å². The molecule has 0 atom stereocenters. The maximum Gasteiger partial charge on any atom is 0.290 e. The molecule has 0 amide bonds. The third-order valence-corrected chi connectivity index (χ3v) is 5.14. The molecule has 0 radical (unpaired) electrons. The molecule has 4 aromatic rings. The van der Waals surface area contributed by atoms with E-state index in [0.717, 1.165) is 42.3 Å². The van der Waals surface area contributed by atoms with Gasteiger partial charge in [-0.3, -0.25) is 9.59 Å². The van der Waals surface area contributed by atoms with Gasteiger partial charge in [0.1, 0.15) is 5.75 Å². The minimum absolute atomic E-state index is 0.146. The van der Waals surface area contributed by atoms with Gasteiger partial charge in [0, 0.05) is 36.5 Å². The van der Waals surface area contributed by atoms with Crippen LogP contribution in [0.4, 0.5) is 0 Å². The van der Waals surface area contributed by atoms with E-state index in [1.165, 1.54) is 6.33 Å². The molecule has 0 aliphatic carbocycles. The van der Waals surface area contributed by atoms with Gasteiger partial charge in [-0.1, -0.05) is 30.3 Å². The van der Waals surface area contributed by atoms with Crippen LogP contribution in [0.15, 0.2) is 71.9 Å². The zero-order valence-electron chi connectivity index (χ0n) is 16.7. The van der Waals surface area contributed by atoms with Gasteiger partial charge in [-0.25, -0.2) is 4.98 Å². The van der Waals surface area contributed by atoms with Gasteiger partial charge in [0.15, 0.2) is 5.65 Å². The number of carboxylic acid groups (broad SMARTS) is 1. The number of carbonyl (C=O) groups is 1. The summed E-state index contributed by atoms with van der Waals surface area (Å²) in [5, 5.41) is 10.7. The van der Waals surface area contributed by atoms with E-state index in [1.807, 2.05) is 65.4 Å². The fourth-order valence-electron chi connectivity index (χ4n) is 3.49. The Balaban J connectivity index is 0.000000730. The van der Waals surface area contributed by atoms with E-state index in [1.54, 1.807) is 0 Å². The van der Waals surface area contributed by atoms with Gasteiger partial charge in [0.05, 0.1) is 18.3 Å². The predicted octanol–water partition coefficient (Wildman–Crippen LogP) is 2.68. The van der Waals surface area contributed by atoms with Crippen molar-refractivity contribution < 1.29 is 14.6 Å². The van der Waals surface area contributed by atoms with E-state index in [2.05, 4.69) is 15.3 Å². The van der Waals surface area contributed by atoms with Gasteiger partial charge in [-0.05, 0) is 29.8 Å². The Morgan fingerprint density at radius 2 is 1.84 bits per heavy atom. The van der Waals surface area contributed by atoms with E-state index in [0.29, 0.717) is 17.0 Å². The maximum absolute atomic E-state index is 12.6. The van der Waals surface area contributed by atoms with Crippen molar-refractivity contribution >= 4 is 17.5 Å². The first-order valence-corrected chi connectivity index (χ1v) is 9.87. The molecule has 1 aliphatic rings. The highest BCUT2D eigenvalue weighted by Crippen LogP contribution is 2.30. The first kappa shape index (κ1) is 20.4. The van der Waals surface area contributed by atoms with Crippen LogP contribution in [-0.2, 0) is 4.79 Å². The molecular formula is C23H22N4O4. The molecule has 8 nitrogen and oxygen atoms in total. The van der Waals surface area contributed by atoms with Crippen molar-refractivity contribution in [1.82, 2.24) is 19.9 Å². The van der Waals surface area contributed by atoms with Crippen LogP contribution in [0.3, 0.4) is 0 Å². The maximum atomic E-state index is 12.6. The molecule has 2 aromatic heterocycles. The van der Waals surface area contributed by atoms with Crippen LogP contribution in [0, 0.1) is 5.92 Å². The SMILES string of the molecule is O=CO.O=c1[nH]cnc2c1c(-c1ccc(OCC3CNC3)cc1)cn2-c1ccccc1. The highest BCUT2D eigenvalue weighted by molar-refractivity contribution is 5.94. The summed E-state index contributed by atoms with van der Waals surface area (Å²) in [6.07, 6.45) is 3.41. The van der Waals surface area contributed by atoms with E-state index < -0.39 is 0 Å². The molecule has 158 valence electrons. The Kier molecular flexibility index (Phi) is 6.09. The Hall–Kier alpha value is -3.91. The number of para-hydroxylation sites is 1.